The standard InChI is InChI=1S/C15H23N3O2S/c1-11-10-17(3)6-7-18(11)15(20)9-13(16-12(2)19)14-5-4-8-21-14/h4-5,8,11,13H,6-7,9-10H2,1-3H3,(H,16,19)/t11-,13-/m0/s1. The zero-order valence-electron chi connectivity index (χ0n) is 12.8. The molecule has 0 aromatic carbocycles. The normalized spacial score (nSPS) is 21.1. The molecule has 1 saturated heterocycles. The van der Waals surface area contributed by atoms with Crippen LogP contribution in [0.3, 0.4) is 0 Å². The monoisotopic (exact) mass is 309 g/mol. The molecule has 0 bridgehead atoms. The lowest BCUT2D eigenvalue weighted by atomic mass is 10.1. The highest BCUT2D eigenvalue weighted by Gasteiger charge is 2.28. The number of nitrogens with one attached hydrogen (secondary N) is 1. The van der Waals surface area contributed by atoms with Gasteiger partial charge >= 0.3 is 0 Å². The maximum atomic E-state index is 12.6. The van der Waals surface area contributed by atoms with Crippen LogP contribution in [0, 0.1) is 0 Å². The second kappa shape index (κ2) is 7.04. The van der Waals surface area contributed by atoms with Crippen molar-refractivity contribution in [3.05, 3.63) is 22.4 Å². The minimum atomic E-state index is -0.221. The van der Waals surface area contributed by atoms with Crippen LogP contribution in [0.5, 0.6) is 0 Å². The summed E-state index contributed by atoms with van der Waals surface area (Å²) in [5, 5.41) is 4.85. The molecule has 0 aliphatic carbocycles. The predicted octanol–water partition coefficient (Wildman–Crippen LogP) is 1.48. The van der Waals surface area contributed by atoms with Crippen LogP contribution in [0.4, 0.5) is 0 Å². The van der Waals surface area contributed by atoms with Gasteiger partial charge in [-0.25, -0.2) is 0 Å². The van der Waals surface area contributed by atoms with Gasteiger partial charge in [0.1, 0.15) is 0 Å². The number of hydrogen-bond donors (Lipinski definition) is 1. The summed E-state index contributed by atoms with van der Waals surface area (Å²) >= 11 is 1.57. The molecular weight excluding hydrogens is 286 g/mol. The van der Waals surface area contributed by atoms with E-state index in [0.29, 0.717) is 6.42 Å². The van der Waals surface area contributed by atoms with Crippen LogP contribution in [-0.4, -0.2) is 54.3 Å². The van der Waals surface area contributed by atoms with E-state index in [0.717, 1.165) is 24.5 Å². The van der Waals surface area contributed by atoms with Gasteiger partial charge in [0.2, 0.25) is 11.8 Å². The molecule has 0 spiro atoms. The van der Waals surface area contributed by atoms with Gasteiger partial charge in [-0.05, 0) is 25.4 Å². The summed E-state index contributed by atoms with van der Waals surface area (Å²) in [5.41, 5.74) is 0. The molecule has 116 valence electrons. The Morgan fingerprint density at radius 1 is 1.48 bits per heavy atom. The molecule has 1 fully saturated rings. The Kier molecular flexibility index (Phi) is 5.36. The van der Waals surface area contributed by atoms with Gasteiger partial charge in [0, 0.05) is 37.5 Å². The van der Waals surface area contributed by atoms with E-state index in [1.54, 1.807) is 11.3 Å². The van der Waals surface area contributed by atoms with E-state index in [1.807, 2.05) is 22.4 Å². The molecule has 1 aromatic heterocycles. The van der Waals surface area contributed by atoms with Gasteiger partial charge < -0.3 is 15.1 Å². The van der Waals surface area contributed by atoms with Gasteiger partial charge in [-0.15, -0.1) is 11.3 Å². The lowest BCUT2D eigenvalue weighted by Gasteiger charge is -2.38. The number of rotatable bonds is 4. The lowest BCUT2D eigenvalue weighted by molar-refractivity contribution is -0.136. The Labute approximate surface area is 129 Å². The van der Waals surface area contributed by atoms with Crippen LogP contribution < -0.4 is 5.32 Å². The summed E-state index contributed by atoms with van der Waals surface area (Å²) in [5.74, 6) is 0.00961. The van der Waals surface area contributed by atoms with Crippen molar-refractivity contribution in [2.75, 3.05) is 26.7 Å². The van der Waals surface area contributed by atoms with E-state index >= 15 is 0 Å². The number of amides is 2. The maximum absolute atomic E-state index is 12.6. The van der Waals surface area contributed by atoms with Gasteiger partial charge in [-0.3, -0.25) is 9.59 Å². The van der Waals surface area contributed by atoms with Crippen LogP contribution in [0.25, 0.3) is 0 Å². The van der Waals surface area contributed by atoms with Crippen LogP contribution in [-0.2, 0) is 9.59 Å². The van der Waals surface area contributed by atoms with Crippen LogP contribution >= 0.6 is 11.3 Å². The van der Waals surface area contributed by atoms with Crippen molar-refractivity contribution in [3.8, 4) is 0 Å². The fraction of sp³-hybridized carbons (Fsp3) is 0.600. The van der Waals surface area contributed by atoms with Crippen molar-refractivity contribution in [2.24, 2.45) is 0 Å². The third-order valence-electron chi connectivity index (χ3n) is 3.79. The topological polar surface area (TPSA) is 52.7 Å². The molecule has 2 heterocycles. The number of hydrogen-bond acceptors (Lipinski definition) is 4. The highest BCUT2D eigenvalue weighted by Crippen LogP contribution is 2.23. The first-order valence-electron chi connectivity index (χ1n) is 7.26. The van der Waals surface area contributed by atoms with E-state index in [9.17, 15) is 9.59 Å². The van der Waals surface area contributed by atoms with Crippen molar-refractivity contribution < 1.29 is 9.59 Å². The van der Waals surface area contributed by atoms with Crippen molar-refractivity contribution >= 4 is 23.2 Å². The Balaban J connectivity index is 2.02. The van der Waals surface area contributed by atoms with Crippen molar-refractivity contribution in [2.45, 2.75) is 32.4 Å². The molecular formula is C15H23N3O2S. The molecule has 0 unspecified atom stereocenters. The summed E-state index contributed by atoms with van der Waals surface area (Å²) in [6.45, 7) is 6.12. The molecule has 2 atom stereocenters. The molecule has 21 heavy (non-hydrogen) atoms. The number of carbonyl (C=O) groups is 2. The maximum Gasteiger partial charge on any atom is 0.225 e. The molecule has 1 aliphatic heterocycles. The van der Waals surface area contributed by atoms with Crippen molar-refractivity contribution in [3.63, 3.8) is 0 Å². The van der Waals surface area contributed by atoms with Crippen LogP contribution in [0.1, 0.15) is 31.2 Å². The number of nitrogens with zero attached hydrogens (tertiary/aromatic N) is 2. The third-order valence-corrected chi connectivity index (χ3v) is 4.78. The minimum absolute atomic E-state index is 0.104. The first-order valence-corrected chi connectivity index (χ1v) is 8.14. The predicted molar refractivity (Wildman–Crippen MR) is 84.2 cm³/mol. The second-order valence-corrected chi connectivity index (χ2v) is 6.65. The zero-order chi connectivity index (χ0) is 15.4. The SMILES string of the molecule is CC(=O)N[C@@H](CC(=O)N1CCN(C)C[C@@H]1C)c1cccs1. The highest BCUT2D eigenvalue weighted by molar-refractivity contribution is 7.10. The third kappa shape index (κ3) is 4.28. The first kappa shape index (κ1) is 16.0. The molecule has 0 radical (unpaired) electrons. The smallest absolute Gasteiger partial charge is 0.225 e. The Bertz CT molecular complexity index is 489. The van der Waals surface area contributed by atoms with E-state index in [4.69, 9.17) is 0 Å². The van der Waals surface area contributed by atoms with Crippen LogP contribution in [0.15, 0.2) is 17.5 Å². The summed E-state index contributed by atoms with van der Waals surface area (Å²) in [7, 11) is 2.07. The number of likely N-dealkylation sites (N-methyl/N-ethyl adjacent to an activating group) is 1. The van der Waals surface area contributed by atoms with Gasteiger partial charge in [0.25, 0.3) is 0 Å². The Hall–Kier alpha value is -1.40. The summed E-state index contributed by atoms with van der Waals surface area (Å²) < 4.78 is 0. The van der Waals surface area contributed by atoms with E-state index in [2.05, 4.69) is 24.2 Å². The average Bonchev–Trinajstić information content (AvgIpc) is 2.90. The molecule has 1 aromatic rings. The van der Waals surface area contributed by atoms with E-state index < -0.39 is 0 Å². The first-order chi connectivity index (χ1) is 9.97. The molecule has 0 saturated carbocycles. The van der Waals surface area contributed by atoms with Gasteiger partial charge in [-0.1, -0.05) is 6.07 Å². The highest BCUT2D eigenvalue weighted by atomic mass is 32.1. The van der Waals surface area contributed by atoms with Gasteiger partial charge in [0.15, 0.2) is 0 Å². The summed E-state index contributed by atoms with van der Waals surface area (Å²) in [6, 6.07) is 3.91. The fourth-order valence-electron chi connectivity index (χ4n) is 2.76. The molecule has 2 amide bonds. The van der Waals surface area contributed by atoms with Crippen LogP contribution in [0.2, 0.25) is 0 Å². The number of carbonyl (C=O) groups excluding carboxylic acids is 2. The molecule has 1 N–H and O–H groups in total. The molecule has 1 aliphatic rings. The fourth-order valence-corrected chi connectivity index (χ4v) is 3.54. The zero-order valence-corrected chi connectivity index (χ0v) is 13.7. The van der Waals surface area contributed by atoms with Gasteiger partial charge in [0.05, 0.1) is 12.5 Å². The average molecular weight is 309 g/mol. The lowest BCUT2D eigenvalue weighted by Crippen LogP contribution is -2.53. The molecule has 6 heteroatoms. The summed E-state index contributed by atoms with van der Waals surface area (Å²) in [4.78, 5) is 29.1. The number of piperazine rings is 1. The minimum Gasteiger partial charge on any atom is -0.348 e. The largest absolute Gasteiger partial charge is 0.348 e. The Morgan fingerprint density at radius 2 is 2.24 bits per heavy atom. The van der Waals surface area contributed by atoms with Crippen molar-refractivity contribution in [1.29, 1.82) is 0 Å². The molecule has 2 rings (SSSR count). The quantitative estimate of drug-likeness (QED) is 0.916. The van der Waals surface area contributed by atoms with E-state index in [-0.39, 0.29) is 23.9 Å². The molecule has 5 nitrogen and oxygen atoms in total. The number of thiophene rings is 1. The Morgan fingerprint density at radius 3 is 2.81 bits per heavy atom. The summed E-state index contributed by atoms with van der Waals surface area (Å²) in [6.07, 6.45) is 0.328. The van der Waals surface area contributed by atoms with E-state index in [1.165, 1.54) is 6.92 Å². The second-order valence-electron chi connectivity index (χ2n) is 5.67. The van der Waals surface area contributed by atoms with Gasteiger partial charge in [-0.2, -0.15) is 0 Å². The van der Waals surface area contributed by atoms with Crippen molar-refractivity contribution in [1.82, 2.24) is 15.1 Å².